The lowest BCUT2D eigenvalue weighted by atomic mass is 9.99. The van der Waals surface area contributed by atoms with E-state index in [4.69, 9.17) is 0 Å². The van der Waals surface area contributed by atoms with E-state index in [0.717, 1.165) is 31.5 Å². The van der Waals surface area contributed by atoms with Crippen LogP contribution in [-0.4, -0.2) is 55.7 Å². The summed E-state index contributed by atoms with van der Waals surface area (Å²) in [7, 11) is 4.04. The summed E-state index contributed by atoms with van der Waals surface area (Å²) in [5.74, 6) is 1.64. The second kappa shape index (κ2) is 7.94. The minimum Gasteiger partial charge on any atom is -0.356 e. The standard InChI is InChI=1S/C15H27N5/c1-16-15(17-7-11-20-9-3-4-10-20)18-12-14-6-5-8-19(2)13-14/h3-4,9-10,14H,5-8,11-13H2,1-2H3,(H2,16,17,18). The molecule has 1 saturated heterocycles. The van der Waals surface area contributed by atoms with Crippen LogP contribution in [0.25, 0.3) is 0 Å². The van der Waals surface area contributed by atoms with Crippen molar-refractivity contribution in [1.29, 1.82) is 0 Å². The van der Waals surface area contributed by atoms with E-state index >= 15 is 0 Å². The molecule has 1 unspecified atom stereocenters. The number of aliphatic imine (C=N–C) groups is 1. The zero-order valence-electron chi connectivity index (χ0n) is 12.7. The fourth-order valence-electron chi connectivity index (χ4n) is 2.72. The number of piperidine rings is 1. The number of aromatic nitrogens is 1. The number of rotatable bonds is 5. The molecule has 1 aromatic heterocycles. The minimum atomic E-state index is 0.733. The van der Waals surface area contributed by atoms with Crippen molar-refractivity contribution >= 4 is 5.96 Å². The lowest BCUT2D eigenvalue weighted by Crippen LogP contribution is -2.44. The van der Waals surface area contributed by atoms with Gasteiger partial charge in [-0.25, -0.2) is 0 Å². The van der Waals surface area contributed by atoms with E-state index in [1.165, 1.54) is 25.9 Å². The Morgan fingerprint density at radius 3 is 2.80 bits per heavy atom. The molecule has 1 fully saturated rings. The first-order chi connectivity index (χ1) is 9.78. The molecule has 2 heterocycles. The van der Waals surface area contributed by atoms with Crippen LogP contribution in [0.1, 0.15) is 12.8 Å². The second-order valence-electron chi connectivity index (χ2n) is 5.57. The largest absolute Gasteiger partial charge is 0.356 e. The lowest BCUT2D eigenvalue weighted by Gasteiger charge is -2.30. The molecule has 0 amide bonds. The highest BCUT2D eigenvalue weighted by Crippen LogP contribution is 2.13. The summed E-state index contributed by atoms with van der Waals surface area (Å²) in [6, 6.07) is 4.10. The zero-order chi connectivity index (χ0) is 14.2. The third-order valence-corrected chi connectivity index (χ3v) is 3.83. The Balaban J connectivity index is 1.64. The maximum absolute atomic E-state index is 4.28. The highest BCUT2D eigenvalue weighted by atomic mass is 15.2. The van der Waals surface area contributed by atoms with Crippen molar-refractivity contribution in [2.24, 2.45) is 10.9 Å². The van der Waals surface area contributed by atoms with Crippen LogP contribution in [0, 0.1) is 5.92 Å². The number of hydrogen-bond donors (Lipinski definition) is 2. The SMILES string of the molecule is CN=C(NCCn1cccc1)NCC1CCCN(C)C1. The number of guanidine groups is 1. The number of hydrogen-bond acceptors (Lipinski definition) is 2. The average molecular weight is 277 g/mol. The summed E-state index contributed by atoms with van der Waals surface area (Å²) in [6.45, 7) is 5.28. The maximum Gasteiger partial charge on any atom is 0.191 e. The first-order valence-corrected chi connectivity index (χ1v) is 7.51. The highest BCUT2D eigenvalue weighted by molar-refractivity contribution is 5.79. The molecule has 112 valence electrons. The predicted octanol–water partition coefficient (Wildman–Crippen LogP) is 0.995. The van der Waals surface area contributed by atoms with Gasteiger partial charge in [-0.15, -0.1) is 0 Å². The summed E-state index contributed by atoms with van der Waals surface area (Å²) in [5, 5.41) is 6.81. The van der Waals surface area contributed by atoms with Gasteiger partial charge in [-0.05, 0) is 44.5 Å². The Labute approximate surface area is 122 Å². The van der Waals surface area contributed by atoms with Crippen LogP contribution in [0.2, 0.25) is 0 Å². The molecule has 1 aliphatic heterocycles. The van der Waals surface area contributed by atoms with Gasteiger partial charge in [0.1, 0.15) is 0 Å². The van der Waals surface area contributed by atoms with Crippen LogP contribution < -0.4 is 10.6 Å². The molecule has 20 heavy (non-hydrogen) atoms. The zero-order valence-corrected chi connectivity index (χ0v) is 12.7. The van der Waals surface area contributed by atoms with E-state index in [1.54, 1.807) is 0 Å². The summed E-state index contributed by atoms with van der Waals surface area (Å²) >= 11 is 0. The molecule has 0 radical (unpaired) electrons. The molecule has 1 aliphatic rings. The van der Waals surface area contributed by atoms with Gasteiger partial charge in [-0.1, -0.05) is 0 Å². The Hall–Kier alpha value is -1.49. The van der Waals surface area contributed by atoms with Crippen molar-refractivity contribution < 1.29 is 0 Å². The topological polar surface area (TPSA) is 44.6 Å². The molecular weight excluding hydrogens is 250 g/mol. The van der Waals surface area contributed by atoms with Crippen molar-refractivity contribution in [3.63, 3.8) is 0 Å². The molecule has 5 nitrogen and oxygen atoms in total. The van der Waals surface area contributed by atoms with Crippen molar-refractivity contribution in [1.82, 2.24) is 20.1 Å². The van der Waals surface area contributed by atoms with Crippen LogP contribution in [0.5, 0.6) is 0 Å². The van der Waals surface area contributed by atoms with Gasteiger partial charge in [0.15, 0.2) is 5.96 Å². The number of likely N-dealkylation sites (tertiary alicyclic amines) is 1. The quantitative estimate of drug-likeness (QED) is 0.623. The predicted molar refractivity (Wildman–Crippen MR) is 84.0 cm³/mol. The number of nitrogens with zero attached hydrogens (tertiary/aromatic N) is 3. The van der Waals surface area contributed by atoms with Gasteiger partial charge in [-0.3, -0.25) is 4.99 Å². The Kier molecular flexibility index (Phi) is 5.92. The van der Waals surface area contributed by atoms with Gasteiger partial charge in [0.25, 0.3) is 0 Å². The normalized spacial score (nSPS) is 20.9. The minimum absolute atomic E-state index is 0.733. The maximum atomic E-state index is 4.28. The van der Waals surface area contributed by atoms with E-state index in [-0.39, 0.29) is 0 Å². The van der Waals surface area contributed by atoms with Gasteiger partial charge < -0.3 is 20.1 Å². The molecule has 0 spiro atoms. The molecule has 0 bridgehead atoms. The third kappa shape index (κ3) is 4.89. The van der Waals surface area contributed by atoms with Crippen LogP contribution in [-0.2, 0) is 6.54 Å². The molecule has 2 N–H and O–H groups in total. The van der Waals surface area contributed by atoms with Gasteiger partial charge in [0, 0.05) is 45.6 Å². The molecule has 5 heteroatoms. The Bertz CT molecular complexity index is 398. The fraction of sp³-hybridized carbons (Fsp3) is 0.667. The Morgan fingerprint density at radius 1 is 1.30 bits per heavy atom. The molecule has 0 aromatic carbocycles. The van der Waals surface area contributed by atoms with Crippen molar-refractivity contribution in [3.05, 3.63) is 24.5 Å². The van der Waals surface area contributed by atoms with Crippen molar-refractivity contribution in [2.75, 3.05) is 40.3 Å². The fourth-order valence-corrected chi connectivity index (χ4v) is 2.72. The van der Waals surface area contributed by atoms with Crippen LogP contribution in [0.15, 0.2) is 29.5 Å². The van der Waals surface area contributed by atoms with Crippen LogP contribution >= 0.6 is 0 Å². The van der Waals surface area contributed by atoms with E-state index in [2.05, 4.69) is 44.5 Å². The summed E-state index contributed by atoms with van der Waals surface area (Å²) in [4.78, 5) is 6.70. The Morgan fingerprint density at radius 2 is 2.10 bits per heavy atom. The lowest BCUT2D eigenvalue weighted by molar-refractivity contribution is 0.210. The highest BCUT2D eigenvalue weighted by Gasteiger charge is 2.16. The molecule has 1 atom stereocenters. The average Bonchev–Trinajstić information content (AvgIpc) is 2.96. The monoisotopic (exact) mass is 277 g/mol. The van der Waals surface area contributed by atoms with Gasteiger partial charge in [0.05, 0.1) is 0 Å². The smallest absolute Gasteiger partial charge is 0.191 e. The number of nitrogens with one attached hydrogen (secondary N) is 2. The molecule has 2 rings (SSSR count). The summed E-state index contributed by atoms with van der Waals surface area (Å²) in [5.41, 5.74) is 0. The van der Waals surface area contributed by atoms with Crippen LogP contribution in [0.4, 0.5) is 0 Å². The molecular formula is C15H27N5. The van der Waals surface area contributed by atoms with E-state index in [0.29, 0.717) is 0 Å². The first kappa shape index (κ1) is 14.9. The molecule has 0 aliphatic carbocycles. The van der Waals surface area contributed by atoms with Gasteiger partial charge in [-0.2, -0.15) is 0 Å². The first-order valence-electron chi connectivity index (χ1n) is 7.51. The molecule has 1 aromatic rings. The van der Waals surface area contributed by atoms with E-state index in [9.17, 15) is 0 Å². The van der Waals surface area contributed by atoms with E-state index in [1.807, 2.05) is 19.2 Å². The van der Waals surface area contributed by atoms with Gasteiger partial charge in [0.2, 0.25) is 0 Å². The van der Waals surface area contributed by atoms with E-state index < -0.39 is 0 Å². The second-order valence-corrected chi connectivity index (χ2v) is 5.57. The van der Waals surface area contributed by atoms with Crippen molar-refractivity contribution in [3.8, 4) is 0 Å². The van der Waals surface area contributed by atoms with Crippen LogP contribution in [0.3, 0.4) is 0 Å². The third-order valence-electron chi connectivity index (χ3n) is 3.83. The van der Waals surface area contributed by atoms with Gasteiger partial charge >= 0.3 is 0 Å². The van der Waals surface area contributed by atoms with Crippen molar-refractivity contribution in [2.45, 2.75) is 19.4 Å². The summed E-state index contributed by atoms with van der Waals surface area (Å²) in [6.07, 6.45) is 6.78. The summed E-state index contributed by atoms with van der Waals surface area (Å²) < 4.78 is 2.16. The molecule has 0 saturated carbocycles.